The van der Waals surface area contributed by atoms with Crippen LogP contribution in [-0.4, -0.2) is 20.7 Å². The smallest absolute Gasteiger partial charge is 0.383 e. The number of alkyl halides is 3. The van der Waals surface area contributed by atoms with Crippen LogP contribution in [0, 0.1) is 5.41 Å². The van der Waals surface area contributed by atoms with E-state index in [1.165, 1.54) is 12.1 Å². The normalized spacial score (nSPS) is 23.4. The quantitative estimate of drug-likeness (QED) is 0.796. The Hall–Kier alpha value is -1.24. The minimum Gasteiger partial charge on any atom is -0.383 e. The number of sulfone groups is 1. The summed E-state index contributed by atoms with van der Waals surface area (Å²) in [6, 6.07) is 3.50. The molecule has 0 bridgehead atoms. The van der Waals surface area contributed by atoms with Crippen LogP contribution in [0.1, 0.15) is 31.2 Å². The van der Waals surface area contributed by atoms with Crippen molar-refractivity contribution in [3.8, 4) is 0 Å². The molecule has 3 nitrogen and oxygen atoms in total. The van der Waals surface area contributed by atoms with E-state index in [4.69, 9.17) is 0 Å². The second-order valence-electron chi connectivity index (χ2n) is 6.00. The fraction of sp³-hybridized carbons (Fsp3) is 0.571. The SMILES string of the molecule is O=S1(=O)CC2(CCCC2)CNc2cccc(C(F)(F)F)c21. The highest BCUT2D eigenvalue weighted by Crippen LogP contribution is 2.46. The summed E-state index contributed by atoms with van der Waals surface area (Å²) in [4.78, 5) is -0.582. The lowest BCUT2D eigenvalue weighted by atomic mass is 9.88. The van der Waals surface area contributed by atoms with E-state index in [-0.39, 0.29) is 11.4 Å². The Labute approximate surface area is 121 Å². The van der Waals surface area contributed by atoms with Crippen LogP contribution in [0.5, 0.6) is 0 Å². The van der Waals surface area contributed by atoms with Gasteiger partial charge in [0.2, 0.25) is 0 Å². The molecule has 1 spiro atoms. The van der Waals surface area contributed by atoms with Gasteiger partial charge in [-0.1, -0.05) is 18.9 Å². The van der Waals surface area contributed by atoms with Crippen molar-refractivity contribution in [3.63, 3.8) is 0 Å². The number of benzene rings is 1. The molecule has 1 aliphatic carbocycles. The fourth-order valence-corrected chi connectivity index (χ4v) is 5.83. The molecule has 0 unspecified atom stereocenters. The van der Waals surface area contributed by atoms with Gasteiger partial charge < -0.3 is 5.32 Å². The zero-order valence-corrected chi connectivity index (χ0v) is 12.1. The maximum atomic E-state index is 13.1. The molecule has 116 valence electrons. The molecule has 3 rings (SSSR count). The lowest BCUT2D eigenvalue weighted by Gasteiger charge is -2.26. The van der Waals surface area contributed by atoms with Gasteiger partial charge in [-0.15, -0.1) is 0 Å². The maximum absolute atomic E-state index is 13.1. The van der Waals surface area contributed by atoms with Crippen LogP contribution in [0.15, 0.2) is 23.1 Å². The van der Waals surface area contributed by atoms with Crippen molar-refractivity contribution < 1.29 is 21.6 Å². The summed E-state index contributed by atoms with van der Waals surface area (Å²) in [7, 11) is -3.97. The molecule has 2 aliphatic rings. The first-order chi connectivity index (χ1) is 9.74. The van der Waals surface area contributed by atoms with Crippen LogP contribution < -0.4 is 5.32 Å². The Bertz CT molecular complexity index is 661. The summed E-state index contributed by atoms with van der Waals surface area (Å²) in [5.74, 6) is -0.201. The molecule has 7 heteroatoms. The summed E-state index contributed by atoms with van der Waals surface area (Å²) in [5.41, 5.74) is -1.42. The third-order valence-electron chi connectivity index (χ3n) is 4.45. The van der Waals surface area contributed by atoms with Crippen molar-refractivity contribution in [2.75, 3.05) is 17.6 Å². The highest BCUT2D eigenvalue weighted by atomic mass is 32.2. The van der Waals surface area contributed by atoms with E-state index in [1.807, 2.05) is 0 Å². The topological polar surface area (TPSA) is 46.2 Å². The van der Waals surface area contributed by atoms with E-state index < -0.39 is 31.9 Å². The van der Waals surface area contributed by atoms with Crippen LogP contribution in [0.4, 0.5) is 18.9 Å². The zero-order valence-electron chi connectivity index (χ0n) is 11.3. The first-order valence-electron chi connectivity index (χ1n) is 6.90. The van der Waals surface area contributed by atoms with E-state index in [2.05, 4.69) is 5.32 Å². The van der Waals surface area contributed by atoms with Gasteiger partial charge in [-0.25, -0.2) is 8.42 Å². The van der Waals surface area contributed by atoms with Crippen LogP contribution in [0.2, 0.25) is 0 Å². The molecule has 0 atom stereocenters. The predicted molar refractivity (Wildman–Crippen MR) is 72.9 cm³/mol. The van der Waals surface area contributed by atoms with Gasteiger partial charge in [0.05, 0.1) is 17.0 Å². The van der Waals surface area contributed by atoms with Crippen molar-refractivity contribution in [2.24, 2.45) is 5.41 Å². The second-order valence-corrected chi connectivity index (χ2v) is 7.93. The number of hydrogen-bond acceptors (Lipinski definition) is 3. The second kappa shape index (κ2) is 4.63. The maximum Gasteiger partial charge on any atom is 0.417 e. The fourth-order valence-electron chi connectivity index (χ4n) is 3.49. The Kier molecular flexibility index (Phi) is 3.24. The largest absolute Gasteiger partial charge is 0.417 e. The number of nitrogens with one attached hydrogen (secondary N) is 1. The summed E-state index contributed by atoms with van der Waals surface area (Å²) in [6.07, 6.45) is -1.32. The minimum absolute atomic E-state index is 0.0774. The predicted octanol–water partition coefficient (Wildman–Crippen LogP) is 3.47. The van der Waals surface area contributed by atoms with Gasteiger partial charge in [-0.3, -0.25) is 0 Å². The molecule has 1 aromatic rings. The van der Waals surface area contributed by atoms with Crippen LogP contribution in [0.3, 0.4) is 0 Å². The van der Waals surface area contributed by atoms with E-state index in [0.717, 1.165) is 31.7 Å². The van der Waals surface area contributed by atoms with Crippen LogP contribution in [0.25, 0.3) is 0 Å². The van der Waals surface area contributed by atoms with E-state index in [9.17, 15) is 21.6 Å². The molecule has 0 radical (unpaired) electrons. The molecular formula is C14H16F3NO2S. The van der Waals surface area contributed by atoms with Gasteiger partial charge in [0, 0.05) is 12.0 Å². The average molecular weight is 319 g/mol. The molecule has 0 saturated heterocycles. The Balaban J connectivity index is 2.16. The number of hydrogen-bond donors (Lipinski definition) is 1. The van der Waals surface area contributed by atoms with E-state index >= 15 is 0 Å². The summed E-state index contributed by atoms with van der Waals surface area (Å²) in [6.45, 7) is 0.417. The molecule has 1 saturated carbocycles. The van der Waals surface area contributed by atoms with Gasteiger partial charge in [-0.05, 0) is 25.0 Å². The van der Waals surface area contributed by atoms with E-state index in [1.54, 1.807) is 0 Å². The van der Waals surface area contributed by atoms with Gasteiger partial charge in [0.15, 0.2) is 9.84 Å². The standard InChI is InChI=1S/C14H16F3NO2S/c15-14(16,17)10-4-3-5-11-12(10)21(19,20)9-13(8-18-11)6-1-2-7-13/h3-5,18H,1-2,6-9H2. The van der Waals surface area contributed by atoms with Crippen molar-refractivity contribution in [3.05, 3.63) is 23.8 Å². The Morgan fingerprint density at radius 3 is 2.43 bits per heavy atom. The van der Waals surface area contributed by atoms with Crippen molar-refractivity contribution in [1.29, 1.82) is 0 Å². The summed E-state index contributed by atoms with van der Waals surface area (Å²) >= 11 is 0. The van der Waals surface area contributed by atoms with Crippen LogP contribution >= 0.6 is 0 Å². The van der Waals surface area contributed by atoms with Crippen LogP contribution in [-0.2, 0) is 16.0 Å². The lowest BCUT2D eigenvalue weighted by Crippen LogP contribution is -2.32. The third kappa shape index (κ3) is 2.52. The first kappa shape index (κ1) is 14.7. The molecule has 0 aromatic heterocycles. The van der Waals surface area contributed by atoms with Crippen molar-refractivity contribution in [1.82, 2.24) is 0 Å². The number of halogens is 3. The van der Waals surface area contributed by atoms with Gasteiger partial charge in [0.1, 0.15) is 4.90 Å². The highest BCUT2D eigenvalue weighted by molar-refractivity contribution is 7.91. The van der Waals surface area contributed by atoms with Crippen molar-refractivity contribution >= 4 is 15.5 Å². The minimum atomic E-state index is -4.67. The summed E-state index contributed by atoms with van der Waals surface area (Å²) in [5, 5.41) is 2.95. The highest BCUT2D eigenvalue weighted by Gasteiger charge is 2.45. The average Bonchev–Trinajstić information content (AvgIpc) is 2.78. The molecule has 1 aliphatic heterocycles. The molecular weight excluding hydrogens is 303 g/mol. The monoisotopic (exact) mass is 319 g/mol. The molecule has 1 N–H and O–H groups in total. The summed E-state index contributed by atoms with van der Waals surface area (Å²) < 4.78 is 64.5. The number of rotatable bonds is 0. The van der Waals surface area contributed by atoms with E-state index in [0.29, 0.717) is 6.54 Å². The van der Waals surface area contributed by atoms with Gasteiger partial charge in [0.25, 0.3) is 0 Å². The number of fused-ring (bicyclic) bond motifs is 1. The van der Waals surface area contributed by atoms with Gasteiger partial charge >= 0.3 is 6.18 Å². The Morgan fingerprint density at radius 2 is 1.81 bits per heavy atom. The number of anilines is 1. The third-order valence-corrected chi connectivity index (χ3v) is 6.50. The molecule has 21 heavy (non-hydrogen) atoms. The first-order valence-corrected chi connectivity index (χ1v) is 8.56. The molecule has 1 heterocycles. The molecule has 1 fully saturated rings. The Morgan fingerprint density at radius 1 is 1.14 bits per heavy atom. The molecule has 0 amide bonds. The molecule has 1 aromatic carbocycles. The van der Waals surface area contributed by atoms with Crippen molar-refractivity contribution in [2.45, 2.75) is 36.8 Å². The lowest BCUT2D eigenvalue weighted by molar-refractivity contribution is -0.139. The zero-order chi connectivity index (χ0) is 15.3. The van der Waals surface area contributed by atoms with Gasteiger partial charge in [-0.2, -0.15) is 13.2 Å².